The number of amides is 1. The molecule has 5 nitrogen and oxygen atoms in total. The Morgan fingerprint density at radius 3 is 2.68 bits per heavy atom. The molecule has 2 aromatic rings. The summed E-state index contributed by atoms with van der Waals surface area (Å²) in [5.74, 6) is -0.466. The number of aryl methyl sites for hydroxylation is 1. The second-order valence-corrected chi connectivity index (χ2v) is 4.52. The van der Waals surface area contributed by atoms with Crippen LogP contribution in [-0.2, 0) is 13.6 Å². The van der Waals surface area contributed by atoms with Crippen molar-refractivity contribution in [3.05, 3.63) is 56.5 Å². The molecule has 1 N–H and O–H groups in total. The molecule has 100 valence electrons. The monoisotopic (exact) mass is 280 g/mol. The van der Waals surface area contributed by atoms with Gasteiger partial charge in [-0.2, -0.15) is 0 Å². The Bertz CT molecular complexity index is 673. The average Bonchev–Trinajstić information content (AvgIpc) is 2.62. The van der Waals surface area contributed by atoms with E-state index in [2.05, 4.69) is 5.32 Å². The molecule has 1 amide bonds. The normalized spacial score (nSPS) is 10.5. The van der Waals surface area contributed by atoms with Crippen molar-refractivity contribution in [2.75, 3.05) is 0 Å². The molecule has 2 rings (SSSR count). The highest BCUT2D eigenvalue weighted by atomic mass is 35.5. The van der Waals surface area contributed by atoms with Gasteiger partial charge in [0.25, 0.3) is 5.91 Å². The van der Waals surface area contributed by atoms with Crippen LogP contribution in [0.5, 0.6) is 0 Å². The maximum Gasteiger partial charge on any atom is 0.370 e. The van der Waals surface area contributed by atoms with Gasteiger partial charge in [-0.05, 0) is 18.6 Å². The summed E-state index contributed by atoms with van der Waals surface area (Å²) in [5, 5.41) is 3.22. The average molecular weight is 281 g/mol. The fourth-order valence-corrected chi connectivity index (χ4v) is 1.91. The smallest absolute Gasteiger partial charge is 0.348 e. The molecule has 0 saturated carbocycles. The summed E-state index contributed by atoms with van der Waals surface area (Å²) >= 11 is 5.98. The summed E-state index contributed by atoms with van der Waals surface area (Å²) in [7, 11) is 1.57. The van der Waals surface area contributed by atoms with Crippen molar-refractivity contribution in [3.63, 3.8) is 0 Å². The second kappa shape index (κ2) is 5.32. The lowest BCUT2D eigenvalue weighted by Crippen LogP contribution is -2.27. The topological polar surface area (TPSA) is 64.2 Å². The van der Waals surface area contributed by atoms with Crippen molar-refractivity contribution in [2.24, 2.45) is 7.05 Å². The zero-order chi connectivity index (χ0) is 14.0. The van der Waals surface area contributed by atoms with Gasteiger partial charge in [0.2, 0.25) is 0 Å². The zero-order valence-corrected chi connectivity index (χ0v) is 11.3. The highest BCUT2D eigenvalue weighted by Crippen LogP contribution is 2.14. The van der Waals surface area contributed by atoms with Crippen LogP contribution in [0.4, 0.5) is 0 Å². The number of carbonyl (C=O) groups is 1. The molecule has 1 heterocycles. The summed E-state index contributed by atoms with van der Waals surface area (Å²) in [6, 6.07) is 7.19. The van der Waals surface area contributed by atoms with Crippen LogP contribution in [0, 0.1) is 6.92 Å². The van der Waals surface area contributed by atoms with E-state index in [4.69, 9.17) is 16.1 Å². The maximum absolute atomic E-state index is 12.0. The molecule has 0 saturated heterocycles. The molecule has 0 bridgehead atoms. The number of carbonyl (C=O) groups excluding carboxylic acids is 1. The molecule has 0 fully saturated rings. The Hall–Kier alpha value is -2.01. The number of nitrogens with zero attached hydrogens (tertiary/aromatic N) is 1. The third-order valence-corrected chi connectivity index (χ3v) is 3.25. The molecule has 0 aliphatic heterocycles. The Balaban J connectivity index is 2.15. The number of nitrogens with one attached hydrogen (secondary N) is 1. The van der Waals surface area contributed by atoms with Crippen molar-refractivity contribution < 1.29 is 9.32 Å². The second-order valence-electron chi connectivity index (χ2n) is 4.11. The van der Waals surface area contributed by atoms with Crippen LogP contribution in [0.15, 0.2) is 33.6 Å². The predicted octanol–water partition coefficient (Wildman–Crippen LogP) is 1.87. The third-order valence-electron chi connectivity index (χ3n) is 2.88. The van der Waals surface area contributed by atoms with Crippen LogP contribution in [0.2, 0.25) is 5.02 Å². The first-order valence-corrected chi connectivity index (χ1v) is 6.07. The van der Waals surface area contributed by atoms with E-state index < -0.39 is 11.5 Å². The van der Waals surface area contributed by atoms with Gasteiger partial charge >= 0.3 is 5.63 Å². The number of halogens is 1. The minimum absolute atomic E-state index is 0.0227. The van der Waals surface area contributed by atoms with E-state index in [0.29, 0.717) is 10.7 Å². The molecule has 0 atom stereocenters. The highest BCUT2D eigenvalue weighted by Gasteiger charge is 2.19. The fraction of sp³-hybridized carbons (Fsp3) is 0.231. The minimum atomic E-state index is -0.642. The number of hydrogen-bond acceptors (Lipinski definition) is 3. The molecule has 6 heteroatoms. The number of aromatic nitrogens is 1. The molecule has 0 spiro atoms. The quantitative estimate of drug-likeness (QED) is 0.933. The van der Waals surface area contributed by atoms with Crippen molar-refractivity contribution >= 4 is 17.5 Å². The van der Waals surface area contributed by atoms with Gasteiger partial charge in [-0.1, -0.05) is 29.8 Å². The van der Waals surface area contributed by atoms with Gasteiger partial charge in [-0.15, -0.1) is 0 Å². The Morgan fingerprint density at radius 2 is 2.11 bits per heavy atom. The molecular formula is C13H13ClN2O3. The van der Waals surface area contributed by atoms with Gasteiger partial charge in [0.1, 0.15) is 5.56 Å². The molecule has 1 aromatic heterocycles. The Kier molecular flexibility index (Phi) is 3.76. The summed E-state index contributed by atoms with van der Waals surface area (Å²) in [4.78, 5) is 23.5. The van der Waals surface area contributed by atoms with E-state index in [9.17, 15) is 9.59 Å². The zero-order valence-electron chi connectivity index (χ0n) is 10.6. The van der Waals surface area contributed by atoms with E-state index in [1.807, 2.05) is 18.2 Å². The number of benzene rings is 1. The molecule has 0 aliphatic carbocycles. The fourth-order valence-electron chi connectivity index (χ4n) is 1.71. The maximum atomic E-state index is 12.0. The lowest BCUT2D eigenvalue weighted by atomic mass is 10.2. The van der Waals surface area contributed by atoms with Crippen LogP contribution in [-0.4, -0.2) is 10.6 Å². The largest absolute Gasteiger partial charge is 0.370 e. The van der Waals surface area contributed by atoms with Gasteiger partial charge in [0.15, 0.2) is 0 Å². The van der Waals surface area contributed by atoms with Crippen molar-refractivity contribution in [2.45, 2.75) is 13.5 Å². The van der Waals surface area contributed by atoms with Crippen LogP contribution < -0.4 is 10.9 Å². The summed E-state index contributed by atoms with van der Waals surface area (Å²) < 4.78 is 6.09. The van der Waals surface area contributed by atoms with Crippen LogP contribution in [0.3, 0.4) is 0 Å². The van der Waals surface area contributed by atoms with Crippen molar-refractivity contribution in [3.8, 4) is 0 Å². The molecule has 19 heavy (non-hydrogen) atoms. The summed E-state index contributed by atoms with van der Waals surface area (Å²) in [6.45, 7) is 1.90. The SMILES string of the molecule is Cc1c(C(=O)NCc2ccccc2Cl)c(=O)on1C. The first-order valence-electron chi connectivity index (χ1n) is 5.69. The predicted molar refractivity (Wildman–Crippen MR) is 71.3 cm³/mol. The van der Waals surface area contributed by atoms with E-state index in [1.165, 1.54) is 4.74 Å². The lowest BCUT2D eigenvalue weighted by molar-refractivity contribution is 0.0948. The van der Waals surface area contributed by atoms with Crippen LogP contribution in [0.25, 0.3) is 0 Å². The van der Waals surface area contributed by atoms with Gasteiger partial charge in [0, 0.05) is 18.6 Å². The van der Waals surface area contributed by atoms with E-state index in [1.54, 1.807) is 20.0 Å². The third kappa shape index (κ3) is 2.71. The van der Waals surface area contributed by atoms with E-state index in [-0.39, 0.29) is 12.1 Å². The minimum Gasteiger partial charge on any atom is -0.348 e. The number of hydrogen-bond donors (Lipinski definition) is 1. The van der Waals surface area contributed by atoms with Gasteiger partial charge in [-0.25, -0.2) is 9.53 Å². The van der Waals surface area contributed by atoms with E-state index in [0.717, 1.165) is 5.56 Å². The van der Waals surface area contributed by atoms with E-state index >= 15 is 0 Å². The van der Waals surface area contributed by atoms with Crippen molar-refractivity contribution in [1.29, 1.82) is 0 Å². The molecule has 1 aromatic carbocycles. The standard InChI is InChI=1S/C13H13ClN2O3/c1-8-11(13(18)19-16(8)2)12(17)15-7-9-5-3-4-6-10(9)14/h3-6H,7H2,1-2H3,(H,15,17). The first-order chi connectivity index (χ1) is 9.00. The van der Waals surface area contributed by atoms with Crippen LogP contribution >= 0.6 is 11.6 Å². The number of rotatable bonds is 3. The first kappa shape index (κ1) is 13.4. The molecule has 0 aliphatic rings. The lowest BCUT2D eigenvalue weighted by Gasteiger charge is -2.05. The van der Waals surface area contributed by atoms with Gasteiger partial charge in [-0.3, -0.25) is 4.79 Å². The van der Waals surface area contributed by atoms with Gasteiger partial charge in [0.05, 0.1) is 5.69 Å². The molecule has 0 radical (unpaired) electrons. The Morgan fingerprint density at radius 1 is 1.42 bits per heavy atom. The van der Waals surface area contributed by atoms with Gasteiger partial charge < -0.3 is 9.84 Å². The van der Waals surface area contributed by atoms with Crippen molar-refractivity contribution in [1.82, 2.24) is 10.1 Å². The molecular weight excluding hydrogens is 268 g/mol. The Labute approximate surface area is 114 Å². The summed E-state index contributed by atoms with van der Waals surface area (Å²) in [6.07, 6.45) is 0. The van der Waals surface area contributed by atoms with Crippen LogP contribution in [0.1, 0.15) is 21.6 Å². The highest BCUT2D eigenvalue weighted by molar-refractivity contribution is 6.31. The summed E-state index contributed by atoms with van der Waals surface area (Å²) in [5.41, 5.74) is 0.656. The molecule has 0 unspecified atom stereocenters.